The average Bonchev–Trinajstić information content (AvgIpc) is 2.44. The van der Waals surface area contributed by atoms with E-state index < -0.39 is 0 Å². The molecular formula is C16H19BrN2O2. The standard InChI is InChI=1S/C16H19BrN2O2/c1-16(2,3)15-18-13(17)9-14(19-15)21-10-11-6-5-7-12(8-11)20-4/h5-9H,10H2,1-4H3. The Labute approximate surface area is 133 Å². The molecule has 4 nitrogen and oxygen atoms in total. The quantitative estimate of drug-likeness (QED) is 0.777. The average molecular weight is 351 g/mol. The van der Waals surface area contributed by atoms with Gasteiger partial charge in [0.05, 0.1) is 7.11 Å². The van der Waals surface area contributed by atoms with Crippen molar-refractivity contribution in [1.29, 1.82) is 0 Å². The van der Waals surface area contributed by atoms with Crippen molar-refractivity contribution >= 4 is 15.9 Å². The molecule has 1 aromatic carbocycles. The molecular weight excluding hydrogens is 332 g/mol. The molecule has 2 aromatic rings. The molecule has 2 rings (SSSR count). The van der Waals surface area contributed by atoms with Crippen LogP contribution in [-0.2, 0) is 12.0 Å². The molecule has 0 aliphatic carbocycles. The summed E-state index contributed by atoms with van der Waals surface area (Å²) >= 11 is 3.40. The molecule has 0 N–H and O–H groups in total. The number of hydrogen-bond acceptors (Lipinski definition) is 4. The van der Waals surface area contributed by atoms with E-state index in [1.807, 2.05) is 24.3 Å². The third-order valence-corrected chi connectivity index (χ3v) is 3.27. The largest absolute Gasteiger partial charge is 0.497 e. The van der Waals surface area contributed by atoms with E-state index in [0.717, 1.165) is 21.7 Å². The minimum atomic E-state index is -0.127. The van der Waals surface area contributed by atoms with Crippen molar-refractivity contribution in [2.24, 2.45) is 0 Å². The van der Waals surface area contributed by atoms with Gasteiger partial charge in [-0.1, -0.05) is 32.9 Å². The third kappa shape index (κ3) is 4.43. The fourth-order valence-corrected chi connectivity index (χ4v) is 2.09. The minimum absolute atomic E-state index is 0.127. The normalized spacial score (nSPS) is 11.3. The number of benzene rings is 1. The molecule has 0 aliphatic rings. The molecule has 5 heteroatoms. The van der Waals surface area contributed by atoms with Gasteiger partial charge in [-0.2, -0.15) is 4.98 Å². The van der Waals surface area contributed by atoms with Gasteiger partial charge in [0, 0.05) is 11.5 Å². The van der Waals surface area contributed by atoms with Gasteiger partial charge in [-0.05, 0) is 33.6 Å². The van der Waals surface area contributed by atoms with Crippen molar-refractivity contribution < 1.29 is 9.47 Å². The molecule has 0 saturated heterocycles. The Hall–Kier alpha value is -1.62. The first-order valence-corrected chi connectivity index (χ1v) is 7.48. The van der Waals surface area contributed by atoms with E-state index in [0.29, 0.717) is 12.5 Å². The number of halogens is 1. The number of aromatic nitrogens is 2. The Bertz CT molecular complexity index is 624. The van der Waals surface area contributed by atoms with Gasteiger partial charge in [0.1, 0.15) is 22.8 Å². The maximum absolute atomic E-state index is 5.77. The van der Waals surface area contributed by atoms with E-state index in [9.17, 15) is 0 Å². The van der Waals surface area contributed by atoms with Crippen LogP contribution in [0.5, 0.6) is 11.6 Å². The summed E-state index contributed by atoms with van der Waals surface area (Å²) in [5, 5.41) is 0. The summed E-state index contributed by atoms with van der Waals surface area (Å²) in [5.41, 5.74) is 0.902. The van der Waals surface area contributed by atoms with E-state index in [-0.39, 0.29) is 5.41 Å². The SMILES string of the molecule is COc1cccc(COc2cc(Br)nc(C(C)(C)C)n2)c1. The second-order valence-electron chi connectivity index (χ2n) is 5.74. The van der Waals surface area contributed by atoms with Crippen molar-refractivity contribution in [3.63, 3.8) is 0 Å². The Balaban J connectivity index is 2.14. The summed E-state index contributed by atoms with van der Waals surface area (Å²) < 4.78 is 11.7. The molecule has 1 aromatic heterocycles. The molecule has 0 bridgehead atoms. The molecule has 0 saturated carbocycles. The van der Waals surface area contributed by atoms with Crippen LogP contribution in [0.2, 0.25) is 0 Å². The highest BCUT2D eigenvalue weighted by Crippen LogP contribution is 2.24. The molecule has 0 unspecified atom stereocenters. The number of hydrogen-bond donors (Lipinski definition) is 0. The van der Waals surface area contributed by atoms with Crippen LogP contribution in [0.3, 0.4) is 0 Å². The number of rotatable bonds is 4. The van der Waals surface area contributed by atoms with Crippen LogP contribution in [0.1, 0.15) is 32.2 Å². The molecule has 0 spiro atoms. The van der Waals surface area contributed by atoms with Gasteiger partial charge in [-0.25, -0.2) is 4.98 Å². The lowest BCUT2D eigenvalue weighted by atomic mass is 9.96. The molecule has 112 valence electrons. The van der Waals surface area contributed by atoms with E-state index in [2.05, 4.69) is 46.7 Å². The van der Waals surface area contributed by atoms with Crippen LogP contribution in [0, 0.1) is 0 Å². The molecule has 0 radical (unpaired) electrons. The van der Waals surface area contributed by atoms with Crippen LogP contribution >= 0.6 is 15.9 Å². The van der Waals surface area contributed by atoms with Gasteiger partial charge in [-0.3, -0.25) is 0 Å². The lowest BCUT2D eigenvalue weighted by Gasteiger charge is -2.17. The molecule has 0 fully saturated rings. The summed E-state index contributed by atoms with van der Waals surface area (Å²) in [6.07, 6.45) is 0. The van der Waals surface area contributed by atoms with Crippen molar-refractivity contribution in [2.45, 2.75) is 32.8 Å². The number of ether oxygens (including phenoxy) is 2. The van der Waals surface area contributed by atoms with Crippen molar-refractivity contribution in [1.82, 2.24) is 9.97 Å². The smallest absolute Gasteiger partial charge is 0.218 e. The highest BCUT2D eigenvalue weighted by Gasteiger charge is 2.19. The molecule has 0 aliphatic heterocycles. The predicted molar refractivity (Wildman–Crippen MR) is 85.8 cm³/mol. The summed E-state index contributed by atoms with van der Waals surface area (Å²) in [6.45, 7) is 6.64. The Morgan fingerprint density at radius 1 is 1.14 bits per heavy atom. The summed E-state index contributed by atoms with van der Waals surface area (Å²) in [7, 11) is 1.65. The molecule has 21 heavy (non-hydrogen) atoms. The first-order valence-electron chi connectivity index (χ1n) is 6.69. The molecule has 1 heterocycles. The molecule has 0 amide bonds. The topological polar surface area (TPSA) is 44.2 Å². The fraction of sp³-hybridized carbons (Fsp3) is 0.375. The zero-order valence-corrected chi connectivity index (χ0v) is 14.3. The van der Waals surface area contributed by atoms with Gasteiger partial charge in [0.25, 0.3) is 0 Å². The van der Waals surface area contributed by atoms with Gasteiger partial charge in [0.2, 0.25) is 5.88 Å². The number of nitrogens with zero attached hydrogens (tertiary/aromatic N) is 2. The van der Waals surface area contributed by atoms with Crippen LogP contribution in [0.25, 0.3) is 0 Å². The van der Waals surface area contributed by atoms with Crippen molar-refractivity contribution in [2.75, 3.05) is 7.11 Å². The summed E-state index contributed by atoms with van der Waals surface area (Å²) in [4.78, 5) is 8.86. The van der Waals surface area contributed by atoms with Gasteiger partial charge < -0.3 is 9.47 Å². The summed E-state index contributed by atoms with van der Waals surface area (Å²) in [6, 6.07) is 9.55. The minimum Gasteiger partial charge on any atom is -0.497 e. The zero-order chi connectivity index (χ0) is 15.5. The zero-order valence-electron chi connectivity index (χ0n) is 12.7. The maximum atomic E-state index is 5.77. The van der Waals surface area contributed by atoms with Gasteiger partial charge >= 0.3 is 0 Å². The lowest BCUT2D eigenvalue weighted by Crippen LogP contribution is -2.16. The van der Waals surface area contributed by atoms with Gasteiger partial charge in [0.15, 0.2) is 0 Å². The second-order valence-corrected chi connectivity index (χ2v) is 6.56. The van der Waals surface area contributed by atoms with E-state index in [1.54, 1.807) is 13.2 Å². The highest BCUT2D eigenvalue weighted by atomic mass is 79.9. The van der Waals surface area contributed by atoms with Crippen molar-refractivity contribution in [3.8, 4) is 11.6 Å². The number of methoxy groups -OCH3 is 1. The van der Waals surface area contributed by atoms with E-state index >= 15 is 0 Å². The van der Waals surface area contributed by atoms with E-state index in [1.165, 1.54) is 0 Å². The fourth-order valence-electron chi connectivity index (χ4n) is 1.73. The van der Waals surface area contributed by atoms with Crippen LogP contribution < -0.4 is 9.47 Å². The van der Waals surface area contributed by atoms with Crippen LogP contribution in [-0.4, -0.2) is 17.1 Å². The lowest BCUT2D eigenvalue weighted by molar-refractivity contribution is 0.289. The molecule has 0 atom stereocenters. The van der Waals surface area contributed by atoms with Crippen LogP contribution in [0.4, 0.5) is 0 Å². The Morgan fingerprint density at radius 3 is 2.57 bits per heavy atom. The van der Waals surface area contributed by atoms with Gasteiger partial charge in [-0.15, -0.1) is 0 Å². The Kier molecular flexibility index (Phi) is 4.83. The first-order chi connectivity index (χ1) is 9.88. The van der Waals surface area contributed by atoms with Crippen molar-refractivity contribution in [3.05, 3.63) is 46.3 Å². The first kappa shape index (κ1) is 15.8. The highest BCUT2D eigenvalue weighted by molar-refractivity contribution is 9.10. The van der Waals surface area contributed by atoms with E-state index in [4.69, 9.17) is 9.47 Å². The third-order valence-electron chi connectivity index (χ3n) is 2.86. The van der Waals surface area contributed by atoms with Crippen LogP contribution in [0.15, 0.2) is 34.9 Å². The Morgan fingerprint density at radius 2 is 1.90 bits per heavy atom. The maximum Gasteiger partial charge on any atom is 0.218 e. The second kappa shape index (κ2) is 6.43. The monoisotopic (exact) mass is 350 g/mol. The summed E-state index contributed by atoms with van der Waals surface area (Å²) in [5.74, 6) is 2.12. The predicted octanol–water partition coefficient (Wildman–Crippen LogP) is 4.12.